The zero-order valence-electron chi connectivity index (χ0n) is 10.4. The molecule has 0 bridgehead atoms. The van der Waals surface area contributed by atoms with Gasteiger partial charge in [-0.1, -0.05) is 20.8 Å². The summed E-state index contributed by atoms with van der Waals surface area (Å²) in [7, 11) is 0. The van der Waals surface area contributed by atoms with Crippen LogP contribution in [0.5, 0.6) is 0 Å². The molecule has 0 aromatic rings. The van der Waals surface area contributed by atoms with Crippen molar-refractivity contribution >= 4 is 5.91 Å². The highest BCUT2D eigenvalue weighted by molar-refractivity contribution is 5.94. The normalized spacial score (nSPS) is 18.1. The maximum Gasteiger partial charge on any atom is 0.247 e. The average molecular weight is 210 g/mol. The molecule has 1 unspecified atom stereocenters. The van der Waals surface area contributed by atoms with Crippen LogP contribution in [-0.2, 0) is 4.79 Å². The first-order valence-electron chi connectivity index (χ1n) is 5.52. The topological polar surface area (TPSA) is 41.1 Å². The standard InChI is InChI=1S/C12H22N2O/c1-8(10-6-13-7-10)11(15)14-9(2)12(3,4)5/h9,13H,6-7H2,1-5H3,(H,14,15). The van der Waals surface area contributed by atoms with Crippen LogP contribution >= 0.6 is 0 Å². The Morgan fingerprint density at radius 3 is 2.27 bits per heavy atom. The van der Waals surface area contributed by atoms with Gasteiger partial charge in [0.2, 0.25) is 5.91 Å². The van der Waals surface area contributed by atoms with E-state index in [4.69, 9.17) is 0 Å². The number of hydrogen-bond donors (Lipinski definition) is 2. The van der Waals surface area contributed by atoms with Crippen molar-refractivity contribution in [2.24, 2.45) is 5.41 Å². The Balaban J connectivity index is 2.56. The lowest BCUT2D eigenvalue weighted by Crippen LogP contribution is -2.43. The molecule has 1 amide bonds. The maximum atomic E-state index is 11.8. The van der Waals surface area contributed by atoms with Gasteiger partial charge < -0.3 is 10.6 Å². The molecule has 3 nitrogen and oxygen atoms in total. The van der Waals surface area contributed by atoms with Crippen molar-refractivity contribution in [2.45, 2.75) is 40.7 Å². The fraction of sp³-hybridized carbons (Fsp3) is 0.750. The molecule has 0 aromatic carbocycles. The summed E-state index contributed by atoms with van der Waals surface area (Å²) in [6, 6.07) is 0.189. The van der Waals surface area contributed by atoms with Gasteiger partial charge in [-0.2, -0.15) is 0 Å². The smallest absolute Gasteiger partial charge is 0.247 e. The molecular formula is C12H22N2O. The average Bonchev–Trinajstić information content (AvgIpc) is 1.98. The van der Waals surface area contributed by atoms with E-state index in [1.165, 1.54) is 5.57 Å². The number of carbonyl (C=O) groups excluding carboxylic acids is 1. The van der Waals surface area contributed by atoms with Crippen LogP contribution in [0, 0.1) is 5.41 Å². The molecule has 1 saturated heterocycles. The Hall–Kier alpha value is -0.830. The fourth-order valence-electron chi connectivity index (χ4n) is 1.20. The van der Waals surface area contributed by atoms with Gasteiger partial charge in [0.1, 0.15) is 0 Å². The Bertz CT molecular complexity index is 280. The highest BCUT2D eigenvalue weighted by Gasteiger charge is 2.23. The van der Waals surface area contributed by atoms with Gasteiger partial charge in [0, 0.05) is 24.7 Å². The number of hydrogen-bond acceptors (Lipinski definition) is 2. The van der Waals surface area contributed by atoms with E-state index < -0.39 is 0 Å². The van der Waals surface area contributed by atoms with Crippen LogP contribution in [-0.4, -0.2) is 25.0 Å². The van der Waals surface area contributed by atoms with Gasteiger partial charge in [-0.05, 0) is 24.8 Å². The second-order valence-corrected chi connectivity index (χ2v) is 5.39. The van der Waals surface area contributed by atoms with Crippen LogP contribution in [0.2, 0.25) is 0 Å². The minimum absolute atomic E-state index is 0.0777. The molecule has 0 saturated carbocycles. The molecule has 86 valence electrons. The predicted octanol–water partition coefficient (Wildman–Crippen LogP) is 1.46. The van der Waals surface area contributed by atoms with E-state index in [0.717, 1.165) is 18.7 Å². The minimum atomic E-state index is 0.0777. The summed E-state index contributed by atoms with van der Waals surface area (Å²) >= 11 is 0. The van der Waals surface area contributed by atoms with Gasteiger partial charge in [-0.3, -0.25) is 4.79 Å². The van der Waals surface area contributed by atoms with Crippen LogP contribution in [0.3, 0.4) is 0 Å². The Kier molecular flexibility index (Phi) is 3.55. The quantitative estimate of drug-likeness (QED) is 0.677. The highest BCUT2D eigenvalue weighted by atomic mass is 16.1. The molecule has 1 rings (SSSR count). The second-order valence-electron chi connectivity index (χ2n) is 5.39. The van der Waals surface area contributed by atoms with Crippen molar-refractivity contribution in [3.63, 3.8) is 0 Å². The van der Waals surface area contributed by atoms with E-state index >= 15 is 0 Å². The lowest BCUT2D eigenvalue weighted by molar-refractivity contribution is -0.118. The van der Waals surface area contributed by atoms with Crippen LogP contribution in [0.15, 0.2) is 11.1 Å². The summed E-state index contributed by atoms with van der Waals surface area (Å²) in [6.45, 7) is 12.1. The first-order chi connectivity index (χ1) is 6.82. The summed E-state index contributed by atoms with van der Waals surface area (Å²) in [5.41, 5.74) is 2.22. The summed E-state index contributed by atoms with van der Waals surface area (Å²) in [4.78, 5) is 11.8. The van der Waals surface area contributed by atoms with Crippen molar-refractivity contribution in [2.75, 3.05) is 13.1 Å². The van der Waals surface area contributed by atoms with Crippen LogP contribution in [0.25, 0.3) is 0 Å². The number of rotatable bonds is 2. The fourth-order valence-corrected chi connectivity index (χ4v) is 1.20. The van der Waals surface area contributed by atoms with E-state index in [-0.39, 0.29) is 17.4 Å². The lowest BCUT2D eigenvalue weighted by atomic mass is 9.88. The molecule has 0 radical (unpaired) electrons. The highest BCUT2D eigenvalue weighted by Crippen LogP contribution is 2.19. The van der Waals surface area contributed by atoms with Crippen molar-refractivity contribution in [3.05, 3.63) is 11.1 Å². The van der Waals surface area contributed by atoms with Gasteiger partial charge in [0.05, 0.1) is 0 Å². The van der Waals surface area contributed by atoms with Crippen molar-refractivity contribution < 1.29 is 4.79 Å². The van der Waals surface area contributed by atoms with Crippen molar-refractivity contribution in [1.82, 2.24) is 10.6 Å². The maximum absolute atomic E-state index is 11.8. The molecule has 0 spiro atoms. The van der Waals surface area contributed by atoms with Gasteiger partial charge >= 0.3 is 0 Å². The van der Waals surface area contributed by atoms with Crippen molar-refractivity contribution in [3.8, 4) is 0 Å². The molecule has 1 heterocycles. The van der Waals surface area contributed by atoms with Gasteiger partial charge in [-0.25, -0.2) is 0 Å². The van der Waals surface area contributed by atoms with Gasteiger partial charge in [0.15, 0.2) is 0 Å². The van der Waals surface area contributed by atoms with Gasteiger partial charge in [-0.15, -0.1) is 0 Å². The summed E-state index contributed by atoms with van der Waals surface area (Å²) < 4.78 is 0. The van der Waals surface area contributed by atoms with Crippen LogP contribution in [0.4, 0.5) is 0 Å². The largest absolute Gasteiger partial charge is 0.349 e. The molecule has 1 fully saturated rings. The molecule has 1 atom stereocenters. The second kappa shape index (κ2) is 4.35. The SMILES string of the molecule is CC(C(=O)NC(C)C(C)(C)C)=C1CNC1. The molecular weight excluding hydrogens is 188 g/mol. The van der Waals surface area contributed by atoms with Crippen molar-refractivity contribution in [1.29, 1.82) is 0 Å². The zero-order valence-corrected chi connectivity index (χ0v) is 10.4. The molecule has 3 heteroatoms. The van der Waals surface area contributed by atoms with Gasteiger partial charge in [0.25, 0.3) is 0 Å². The van der Waals surface area contributed by atoms with Crippen LogP contribution < -0.4 is 10.6 Å². The Morgan fingerprint density at radius 2 is 1.93 bits per heavy atom. The molecule has 2 N–H and O–H groups in total. The molecule has 0 aliphatic carbocycles. The van der Waals surface area contributed by atoms with E-state index in [1.54, 1.807) is 0 Å². The third kappa shape index (κ3) is 3.06. The molecule has 15 heavy (non-hydrogen) atoms. The third-order valence-corrected chi connectivity index (χ3v) is 3.19. The molecule has 0 aromatic heterocycles. The summed E-state index contributed by atoms with van der Waals surface area (Å²) in [5, 5.41) is 6.19. The summed E-state index contributed by atoms with van der Waals surface area (Å²) in [6.07, 6.45) is 0. The zero-order chi connectivity index (χ0) is 11.6. The summed E-state index contributed by atoms with van der Waals surface area (Å²) in [5.74, 6) is 0.0777. The molecule has 1 aliphatic heterocycles. The van der Waals surface area contributed by atoms with E-state index in [1.807, 2.05) is 6.92 Å². The van der Waals surface area contributed by atoms with Crippen LogP contribution in [0.1, 0.15) is 34.6 Å². The minimum Gasteiger partial charge on any atom is -0.349 e. The third-order valence-electron chi connectivity index (χ3n) is 3.19. The number of carbonyl (C=O) groups is 1. The lowest BCUT2D eigenvalue weighted by Gasteiger charge is -2.29. The monoisotopic (exact) mass is 210 g/mol. The predicted molar refractivity (Wildman–Crippen MR) is 62.6 cm³/mol. The molecule has 1 aliphatic rings. The Morgan fingerprint density at radius 1 is 1.40 bits per heavy atom. The first-order valence-corrected chi connectivity index (χ1v) is 5.52. The Labute approximate surface area is 92.3 Å². The number of nitrogens with one attached hydrogen (secondary N) is 2. The number of amides is 1. The van der Waals surface area contributed by atoms with E-state index in [0.29, 0.717) is 0 Å². The first kappa shape index (κ1) is 12.2. The van der Waals surface area contributed by atoms with E-state index in [2.05, 4.69) is 38.3 Å². The van der Waals surface area contributed by atoms with E-state index in [9.17, 15) is 4.79 Å².